The van der Waals surface area contributed by atoms with Crippen molar-refractivity contribution in [3.8, 4) is 0 Å². The number of benzene rings is 1. The quantitative estimate of drug-likeness (QED) is 0.576. The molecule has 0 saturated carbocycles. The van der Waals surface area contributed by atoms with Crippen molar-refractivity contribution in [3.05, 3.63) is 57.1 Å². The maximum atomic E-state index is 13.4. The highest BCUT2D eigenvalue weighted by Gasteiger charge is 2.33. The number of aryl methyl sites for hydroxylation is 1. The highest BCUT2D eigenvalue weighted by atomic mass is 32.2. The number of halogens is 3. The van der Waals surface area contributed by atoms with Gasteiger partial charge in [-0.25, -0.2) is 18.4 Å². The van der Waals surface area contributed by atoms with Gasteiger partial charge in [0.2, 0.25) is 0 Å². The molecule has 3 aromatic rings. The Bertz CT molecular complexity index is 1450. The van der Waals surface area contributed by atoms with Crippen LogP contribution in [0.4, 0.5) is 24.8 Å². The Balaban J connectivity index is 1.79. The lowest BCUT2D eigenvalue weighted by Gasteiger charge is -2.30. The number of pyridine rings is 1. The maximum absolute atomic E-state index is 13.4. The molecule has 0 spiro atoms. The molecule has 0 bridgehead atoms. The summed E-state index contributed by atoms with van der Waals surface area (Å²) in [6.07, 6.45) is -4.47. The number of nitrogens with zero attached hydrogens (tertiary/aromatic N) is 4. The van der Waals surface area contributed by atoms with E-state index in [1.165, 1.54) is 17.6 Å². The van der Waals surface area contributed by atoms with Crippen LogP contribution in [0.1, 0.15) is 35.5 Å². The third kappa shape index (κ3) is 4.84. The Morgan fingerprint density at radius 3 is 2.40 bits per heavy atom. The van der Waals surface area contributed by atoms with Crippen molar-refractivity contribution >= 4 is 32.4 Å². The molecule has 3 heterocycles. The molecule has 12 heteroatoms. The van der Waals surface area contributed by atoms with Gasteiger partial charge >= 0.3 is 6.18 Å². The average molecular weight is 510 g/mol. The van der Waals surface area contributed by atoms with Gasteiger partial charge in [-0.3, -0.25) is 9.36 Å². The van der Waals surface area contributed by atoms with Crippen molar-refractivity contribution in [2.45, 2.75) is 33.0 Å². The maximum Gasteiger partial charge on any atom is 0.416 e. The summed E-state index contributed by atoms with van der Waals surface area (Å²) >= 11 is 0. The highest BCUT2D eigenvalue weighted by molar-refractivity contribution is 7.91. The molecule has 1 aliphatic heterocycles. The zero-order valence-electron chi connectivity index (χ0n) is 19.8. The van der Waals surface area contributed by atoms with Crippen LogP contribution in [0.15, 0.2) is 29.1 Å². The first-order valence-electron chi connectivity index (χ1n) is 11.1. The van der Waals surface area contributed by atoms with Crippen LogP contribution in [0.3, 0.4) is 0 Å². The fraction of sp³-hybridized carbons (Fsp3) is 0.435. The second-order valence-corrected chi connectivity index (χ2v) is 11.1. The Labute approximate surface area is 200 Å². The second-order valence-electron chi connectivity index (χ2n) is 8.77. The number of alkyl halides is 3. The Hall–Kier alpha value is -3.15. The third-order valence-corrected chi connectivity index (χ3v) is 7.96. The molecule has 0 unspecified atom stereocenters. The molecule has 1 aliphatic rings. The minimum atomic E-state index is -4.47. The van der Waals surface area contributed by atoms with E-state index in [9.17, 15) is 26.4 Å². The summed E-state index contributed by atoms with van der Waals surface area (Å²) in [5.74, 6) is 1.15. The average Bonchev–Trinajstić information content (AvgIpc) is 2.76. The van der Waals surface area contributed by atoms with Gasteiger partial charge in [-0.2, -0.15) is 13.2 Å². The topological polar surface area (TPSA) is 97.2 Å². The van der Waals surface area contributed by atoms with E-state index in [4.69, 9.17) is 0 Å². The second kappa shape index (κ2) is 8.81. The lowest BCUT2D eigenvalue weighted by Crippen LogP contribution is -2.42. The van der Waals surface area contributed by atoms with Crippen molar-refractivity contribution in [1.82, 2.24) is 14.5 Å². The smallest absolute Gasteiger partial charge is 0.363 e. The molecule has 8 nitrogen and oxygen atoms in total. The predicted octanol–water partition coefficient (Wildman–Crippen LogP) is 3.37. The van der Waals surface area contributed by atoms with Gasteiger partial charge in [0.05, 0.1) is 28.5 Å². The van der Waals surface area contributed by atoms with Gasteiger partial charge < -0.3 is 10.2 Å². The van der Waals surface area contributed by atoms with Gasteiger partial charge in [-0.05, 0) is 44.0 Å². The summed E-state index contributed by atoms with van der Waals surface area (Å²) in [4.78, 5) is 23.7. The lowest BCUT2D eigenvalue weighted by atomic mass is 9.97. The van der Waals surface area contributed by atoms with Gasteiger partial charge in [-0.1, -0.05) is 12.1 Å². The SMILES string of the molecule is Cc1nc(N[C@H](C)c2cccc(C(F)(F)F)c2C)c2cc(N3CCS(=O)(=O)CC3)n(C)c(=O)c2n1. The van der Waals surface area contributed by atoms with E-state index < -0.39 is 27.6 Å². The summed E-state index contributed by atoms with van der Waals surface area (Å²) in [5, 5.41) is 3.59. The number of anilines is 2. The number of hydrogen-bond acceptors (Lipinski definition) is 7. The number of sulfone groups is 1. The fourth-order valence-electron chi connectivity index (χ4n) is 4.44. The first-order valence-corrected chi connectivity index (χ1v) is 12.9. The molecule has 1 atom stereocenters. The summed E-state index contributed by atoms with van der Waals surface area (Å²) in [6.45, 7) is 5.28. The van der Waals surface area contributed by atoms with Crippen LogP contribution in [0.25, 0.3) is 10.9 Å². The van der Waals surface area contributed by atoms with Gasteiger partial charge in [-0.15, -0.1) is 0 Å². The van der Waals surface area contributed by atoms with Crippen LogP contribution in [0.2, 0.25) is 0 Å². The normalized spacial score (nSPS) is 16.9. The van der Waals surface area contributed by atoms with Crippen LogP contribution in [0, 0.1) is 13.8 Å². The summed E-state index contributed by atoms with van der Waals surface area (Å²) in [7, 11) is -1.52. The molecule has 4 rings (SSSR count). The number of rotatable bonds is 4. The van der Waals surface area contributed by atoms with Gasteiger partial charge in [0, 0.05) is 20.1 Å². The number of hydrogen-bond donors (Lipinski definition) is 1. The van der Waals surface area contributed by atoms with Crippen molar-refractivity contribution in [3.63, 3.8) is 0 Å². The molecule has 35 heavy (non-hydrogen) atoms. The minimum Gasteiger partial charge on any atom is -0.363 e. The molecule has 188 valence electrons. The molecule has 1 saturated heterocycles. The molecular formula is C23H26F3N5O3S. The first kappa shape index (κ1) is 25.0. The zero-order chi connectivity index (χ0) is 25.7. The van der Waals surface area contributed by atoms with Crippen LogP contribution < -0.4 is 15.8 Å². The van der Waals surface area contributed by atoms with Crippen LogP contribution in [-0.2, 0) is 23.1 Å². The predicted molar refractivity (Wildman–Crippen MR) is 129 cm³/mol. The first-order chi connectivity index (χ1) is 16.3. The van der Waals surface area contributed by atoms with E-state index in [2.05, 4.69) is 15.3 Å². The van der Waals surface area contributed by atoms with Crippen LogP contribution in [-0.4, -0.2) is 47.5 Å². The van der Waals surface area contributed by atoms with E-state index in [0.717, 1.165) is 6.07 Å². The van der Waals surface area contributed by atoms with E-state index >= 15 is 0 Å². The van der Waals surface area contributed by atoms with E-state index in [1.54, 1.807) is 33.0 Å². The molecule has 1 N–H and O–H groups in total. The van der Waals surface area contributed by atoms with Gasteiger partial charge in [0.25, 0.3) is 5.56 Å². The molecule has 0 amide bonds. The van der Waals surface area contributed by atoms with Crippen LogP contribution in [0.5, 0.6) is 0 Å². The number of aromatic nitrogens is 3. The minimum absolute atomic E-state index is 0.0133. The molecule has 1 aromatic carbocycles. The molecule has 0 radical (unpaired) electrons. The van der Waals surface area contributed by atoms with Crippen molar-refractivity contribution in [2.24, 2.45) is 7.05 Å². The largest absolute Gasteiger partial charge is 0.416 e. The van der Waals surface area contributed by atoms with E-state index in [-0.39, 0.29) is 41.2 Å². The Morgan fingerprint density at radius 1 is 1.11 bits per heavy atom. The zero-order valence-corrected chi connectivity index (χ0v) is 20.6. The highest BCUT2D eigenvalue weighted by Crippen LogP contribution is 2.35. The van der Waals surface area contributed by atoms with Gasteiger partial charge in [0.15, 0.2) is 9.84 Å². The lowest BCUT2D eigenvalue weighted by molar-refractivity contribution is -0.138. The van der Waals surface area contributed by atoms with Gasteiger partial charge in [0.1, 0.15) is 23.0 Å². The van der Waals surface area contributed by atoms with Crippen molar-refractivity contribution < 1.29 is 21.6 Å². The molecule has 0 aliphatic carbocycles. The van der Waals surface area contributed by atoms with Crippen LogP contribution >= 0.6 is 0 Å². The van der Waals surface area contributed by atoms with Crippen molar-refractivity contribution in [2.75, 3.05) is 34.8 Å². The number of fused-ring (bicyclic) bond motifs is 1. The summed E-state index contributed by atoms with van der Waals surface area (Å²) in [6, 6.07) is 5.21. The Morgan fingerprint density at radius 2 is 1.77 bits per heavy atom. The summed E-state index contributed by atoms with van der Waals surface area (Å²) < 4.78 is 65.4. The molecule has 2 aromatic heterocycles. The Kier molecular flexibility index (Phi) is 6.28. The van der Waals surface area contributed by atoms with E-state index in [1.807, 2.05) is 4.90 Å². The molecular weight excluding hydrogens is 483 g/mol. The number of nitrogens with one attached hydrogen (secondary N) is 1. The third-order valence-electron chi connectivity index (χ3n) is 6.35. The molecule has 1 fully saturated rings. The standard InChI is InChI=1S/C23H26F3N5O3S/c1-13-16(6-5-7-18(13)23(24,25)26)14(2)27-21-17-12-19(31-8-10-35(33,34)11-9-31)30(4)22(32)20(17)28-15(3)29-21/h5-7,12,14H,8-11H2,1-4H3,(H,27,28,29)/t14-/m1/s1. The van der Waals surface area contributed by atoms with Crippen molar-refractivity contribution in [1.29, 1.82) is 0 Å². The summed E-state index contributed by atoms with van der Waals surface area (Å²) in [5.41, 5.74) is -0.342. The van der Waals surface area contributed by atoms with E-state index in [0.29, 0.717) is 28.4 Å². The fourth-order valence-corrected chi connectivity index (χ4v) is 5.64. The monoisotopic (exact) mass is 509 g/mol.